The molecule has 0 aliphatic carbocycles. The fourth-order valence-electron chi connectivity index (χ4n) is 2.51. The maximum absolute atomic E-state index is 12.8. The van der Waals surface area contributed by atoms with Crippen LogP contribution in [0.1, 0.15) is 5.56 Å². The van der Waals surface area contributed by atoms with Crippen molar-refractivity contribution in [3.8, 4) is 11.5 Å². The van der Waals surface area contributed by atoms with Gasteiger partial charge in [0.25, 0.3) is 11.6 Å². The first-order valence-corrected chi connectivity index (χ1v) is 9.52. The summed E-state index contributed by atoms with van der Waals surface area (Å²) in [6.07, 6.45) is 3.34. The van der Waals surface area contributed by atoms with Gasteiger partial charge in [-0.3, -0.25) is 10.1 Å². The number of nitro benzene ring substituents is 1. The quantitative estimate of drug-likeness (QED) is 0.266. The molecule has 1 aromatic carbocycles. The highest BCUT2D eigenvalue weighted by molar-refractivity contribution is 9.10. The molecule has 0 bridgehead atoms. The molecule has 0 saturated carbocycles. The minimum absolute atomic E-state index is 0.136. The number of benzene rings is 1. The number of aryl methyl sites for hydroxylation is 1. The predicted molar refractivity (Wildman–Crippen MR) is 98.7 cm³/mol. The molecule has 136 valence electrons. The van der Waals surface area contributed by atoms with E-state index in [0.717, 1.165) is 9.99 Å². The molecular formula is C16H10BrN5O4S. The average molecular weight is 448 g/mol. The Morgan fingerprint density at radius 2 is 2.07 bits per heavy atom. The van der Waals surface area contributed by atoms with E-state index in [1.807, 2.05) is 12.1 Å². The molecule has 1 atom stereocenters. The Morgan fingerprint density at radius 1 is 1.26 bits per heavy atom. The van der Waals surface area contributed by atoms with Crippen LogP contribution in [-0.4, -0.2) is 29.3 Å². The maximum atomic E-state index is 12.8. The summed E-state index contributed by atoms with van der Waals surface area (Å²) in [5.74, 6) is 0.162. The van der Waals surface area contributed by atoms with Gasteiger partial charge in [-0.1, -0.05) is 21.0 Å². The third-order valence-electron chi connectivity index (χ3n) is 3.86. The first kappa shape index (κ1) is 17.6. The van der Waals surface area contributed by atoms with Crippen molar-refractivity contribution in [3.63, 3.8) is 0 Å². The molecule has 3 heterocycles. The summed E-state index contributed by atoms with van der Waals surface area (Å²) in [7, 11) is 0. The van der Waals surface area contributed by atoms with Gasteiger partial charge in [0, 0.05) is 22.3 Å². The fourth-order valence-corrected chi connectivity index (χ4v) is 3.89. The molecule has 9 nitrogen and oxygen atoms in total. The van der Waals surface area contributed by atoms with Gasteiger partial charge in [0.2, 0.25) is 0 Å². The number of fused-ring (bicyclic) bond motifs is 1. The van der Waals surface area contributed by atoms with E-state index < -0.39 is 16.1 Å². The topological polar surface area (TPSA) is 122 Å². The van der Waals surface area contributed by atoms with Crippen LogP contribution in [0.5, 0.6) is 0 Å². The lowest BCUT2D eigenvalue weighted by molar-refractivity contribution is -0.385. The summed E-state index contributed by atoms with van der Waals surface area (Å²) in [6, 6.07) is 7.82. The van der Waals surface area contributed by atoms with Crippen LogP contribution in [-0.2, 0) is 11.2 Å². The minimum Gasteiger partial charge on any atom is -0.603 e. The van der Waals surface area contributed by atoms with Gasteiger partial charge >= 0.3 is 5.22 Å². The zero-order valence-corrected chi connectivity index (χ0v) is 16.1. The Hall–Kier alpha value is -2.76. The maximum Gasteiger partial charge on any atom is 0.441 e. The van der Waals surface area contributed by atoms with E-state index >= 15 is 0 Å². The van der Waals surface area contributed by atoms with E-state index in [1.165, 1.54) is 18.2 Å². The fraction of sp³-hybridized carbons (Fsp3) is 0.0625. The van der Waals surface area contributed by atoms with Gasteiger partial charge < -0.3 is 8.97 Å². The zero-order chi connectivity index (χ0) is 19.1. The highest BCUT2D eigenvalue weighted by Gasteiger charge is 2.28. The van der Waals surface area contributed by atoms with Crippen LogP contribution in [0, 0.1) is 17.0 Å². The average Bonchev–Trinajstić information content (AvgIpc) is 3.27. The third kappa shape index (κ3) is 3.20. The number of aromatic nitrogens is 4. The highest BCUT2D eigenvalue weighted by atomic mass is 79.9. The number of nitrogens with zero attached hydrogens (tertiary/aromatic N) is 5. The molecule has 4 rings (SSSR count). The molecule has 0 fully saturated rings. The lowest BCUT2D eigenvalue weighted by atomic mass is 10.2. The number of non-ortho nitro benzene ring substituents is 1. The number of rotatable bonds is 4. The van der Waals surface area contributed by atoms with E-state index in [2.05, 4.69) is 31.2 Å². The number of hydrogen-bond donors (Lipinski definition) is 0. The van der Waals surface area contributed by atoms with Gasteiger partial charge in [0.1, 0.15) is 0 Å². The Kier molecular flexibility index (Phi) is 4.42. The summed E-state index contributed by atoms with van der Waals surface area (Å²) in [4.78, 5) is 10.7. The van der Waals surface area contributed by atoms with Crippen molar-refractivity contribution in [2.45, 2.75) is 17.0 Å². The molecule has 3 aromatic heterocycles. The lowest BCUT2D eigenvalue weighted by Gasteiger charge is -2.06. The Balaban J connectivity index is 1.73. The lowest BCUT2D eigenvalue weighted by Crippen LogP contribution is -2.05. The molecule has 0 aliphatic heterocycles. The molecule has 0 N–H and O–H groups in total. The normalized spacial score (nSPS) is 12.4. The van der Waals surface area contributed by atoms with Crippen LogP contribution in [0.15, 0.2) is 61.7 Å². The monoisotopic (exact) mass is 447 g/mol. The first-order valence-electron chi connectivity index (χ1n) is 7.57. The van der Waals surface area contributed by atoms with Gasteiger partial charge in [0.05, 0.1) is 39.4 Å². The van der Waals surface area contributed by atoms with Crippen LogP contribution in [0.2, 0.25) is 0 Å². The van der Waals surface area contributed by atoms with Crippen LogP contribution in [0.25, 0.3) is 17.0 Å². The molecule has 27 heavy (non-hydrogen) atoms. The molecule has 1 unspecified atom stereocenters. The summed E-state index contributed by atoms with van der Waals surface area (Å²) in [6.45, 7) is 1.71. The Morgan fingerprint density at radius 3 is 2.85 bits per heavy atom. The van der Waals surface area contributed by atoms with Crippen molar-refractivity contribution in [3.05, 3.63) is 62.9 Å². The van der Waals surface area contributed by atoms with Crippen molar-refractivity contribution in [1.29, 1.82) is 0 Å². The number of hydrogen-bond acceptors (Lipinski definition) is 7. The summed E-state index contributed by atoms with van der Waals surface area (Å²) < 4.78 is 20.9. The molecule has 0 radical (unpaired) electrons. The highest BCUT2D eigenvalue weighted by Crippen LogP contribution is 2.30. The predicted octanol–water partition coefficient (Wildman–Crippen LogP) is 3.53. The molecule has 11 heteroatoms. The SMILES string of the molecule is Cc1ccc([N+](=O)[O-])cc1[S+]([O-])c1nnc(-c2cnn3ccc(Br)cc23)o1. The van der Waals surface area contributed by atoms with Crippen molar-refractivity contribution >= 4 is 38.3 Å². The molecule has 0 spiro atoms. The van der Waals surface area contributed by atoms with E-state index in [4.69, 9.17) is 4.42 Å². The second kappa shape index (κ2) is 6.76. The van der Waals surface area contributed by atoms with Gasteiger partial charge in [-0.25, -0.2) is 4.52 Å². The van der Waals surface area contributed by atoms with Gasteiger partial charge in [-0.15, -0.1) is 5.10 Å². The summed E-state index contributed by atoms with van der Waals surface area (Å²) in [5, 5.41) is 22.9. The van der Waals surface area contributed by atoms with Crippen molar-refractivity contribution in [2.24, 2.45) is 0 Å². The summed E-state index contributed by atoms with van der Waals surface area (Å²) >= 11 is 1.55. The Labute approximate surface area is 163 Å². The van der Waals surface area contributed by atoms with Gasteiger partial charge in [0.15, 0.2) is 4.90 Å². The van der Waals surface area contributed by atoms with Gasteiger partial charge in [-0.05, 0) is 25.1 Å². The second-order valence-corrected chi connectivity index (χ2v) is 7.82. The third-order valence-corrected chi connectivity index (χ3v) is 5.68. The summed E-state index contributed by atoms with van der Waals surface area (Å²) in [5.41, 5.74) is 1.79. The number of pyridine rings is 1. The van der Waals surface area contributed by atoms with Gasteiger partial charge in [-0.2, -0.15) is 5.10 Å². The van der Waals surface area contributed by atoms with Crippen LogP contribution in [0.4, 0.5) is 5.69 Å². The smallest absolute Gasteiger partial charge is 0.441 e. The second-order valence-electron chi connectivity index (χ2n) is 5.58. The first-order chi connectivity index (χ1) is 12.9. The molecule has 0 saturated heterocycles. The number of halogens is 1. The molecule has 4 aromatic rings. The molecular weight excluding hydrogens is 438 g/mol. The van der Waals surface area contributed by atoms with Crippen molar-refractivity contribution in [1.82, 2.24) is 19.8 Å². The van der Waals surface area contributed by atoms with Crippen LogP contribution < -0.4 is 0 Å². The molecule has 0 amide bonds. The molecule has 0 aliphatic rings. The Bertz CT molecular complexity index is 1170. The van der Waals surface area contributed by atoms with E-state index in [9.17, 15) is 14.7 Å². The van der Waals surface area contributed by atoms with E-state index in [1.54, 1.807) is 23.8 Å². The van der Waals surface area contributed by atoms with Crippen LogP contribution in [0.3, 0.4) is 0 Å². The van der Waals surface area contributed by atoms with Crippen LogP contribution >= 0.6 is 15.9 Å². The van der Waals surface area contributed by atoms with E-state index in [-0.39, 0.29) is 21.7 Å². The van der Waals surface area contributed by atoms with E-state index in [0.29, 0.717) is 11.1 Å². The van der Waals surface area contributed by atoms with Crippen molar-refractivity contribution < 1.29 is 13.9 Å². The number of nitro groups is 1. The standard InChI is InChI=1S/C16H10BrN5O4S/c1-9-2-3-11(22(23)24)7-14(9)27(25)16-20-19-15(26-16)12-8-18-21-5-4-10(17)6-13(12)21/h2-8H,1H3. The largest absolute Gasteiger partial charge is 0.603 e. The zero-order valence-electron chi connectivity index (χ0n) is 13.7. The minimum atomic E-state index is -1.85. The van der Waals surface area contributed by atoms with Crippen molar-refractivity contribution in [2.75, 3.05) is 0 Å².